The molecule has 0 amide bonds. The fourth-order valence-corrected chi connectivity index (χ4v) is 4.48. The second-order valence-corrected chi connectivity index (χ2v) is 9.95. The van der Waals surface area contributed by atoms with Gasteiger partial charge >= 0.3 is 0 Å². The highest BCUT2D eigenvalue weighted by atomic mass is 79.9. The van der Waals surface area contributed by atoms with Gasteiger partial charge in [-0.3, -0.25) is 0 Å². The lowest BCUT2D eigenvalue weighted by atomic mass is 9.86. The summed E-state index contributed by atoms with van der Waals surface area (Å²) in [6.45, 7) is 6.71. The van der Waals surface area contributed by atoms with Gasteiger partial charge in [-0.1, -0.05) is 91.3 Å². The summed E-state index contributed by atoms with van der Waals surface area (Å²) < 4.78 is 7.55. The quantitative estimate of drug-likeness (QED) is 0.411. The van der Waals surface area contributed by atoms with Crippen LogP contribution in [0, 0.1) is 0 Å². The Morgan fingerprint density at radius 3 is 2.33 bits per heavy atom. The number of ether oxygens (including phenoxy) is 1. The first kappa shape index (κ1) is 19.4. The van der Waals surface area contributed by atoms with E-state index >= 15 is 0 Å². The van der Waals surface area contributed by atoms with Gasteiger partial charge in [-0.2, -0.15) is 5.10 Å². The summed E-state index contributed by atoms with van der Waals surface area (Å²) >= 11 is 3.53. The van der Waals surface area contributed by atoms with E-state index in [-0.39, 0.29) is 17.7 Å². The van der Waals surface area contributed by atoms with Crippen LogP contribution in [0.4, 0.5) is 0 Å². The minimum Gasteiger partial charge on any atom is -0.464 e. The highest BCUT2D eigenvalue weighted by Crippen LogP contribution is 2.47. The van der Waals surface area contributed by atoms with Gasteiger partial charge in [0.1, 0.15) is 5.75 Å². The van der Waals surface area contributed by atoms with E-state index in [2.05, 4.69) is 108 Å². The molecule has 2 atom stereocenters. The second kappa shape index (κ2) is 7.28. The van der Waals surface area contributed by atoms with Gasteiger partial charge in [0.05, 0.1) is 11.8 Å². The Hall–Kier alpha value is -2.59. The maximum atomic E-state index is 6.47. The van der Waals surface area contributed by atoms with Gasteiger partial charge in [0.2, 0.25) is 6.23 Å². The predicted octanol–water partition coefficient (Wildman–Crippen LogP) is 6.99. The molecule has 3 nitrogen and oxygen atoms in total. The highest BCUT2D eigenvalue weighted by molar-refractivity contribution is 9.10. The molecular weight excluding hydrogens is 436 g/mol. The summed E-state index contributed by atoms with van der Waals surface area (Å²) in [5.41, 5.74) is 6.04. The molecule has 0 saturated carbocycles. The van der Waals surface area contributed by atoms with E-state index in [1.54, 1.807) is 0 Å². The average molecular weight is 461 g/mol. The molecule has 0 spiro atoms. The molecular formula is C26H25BrN2O. The van der Waals surface area contributed by atoms with Crippen molar-refractivity contribution >= 4 is 21.6 Å². The number of nitrogens with zero attached hydrogens (tertiary/aromatic N) is 2. The molecule has 0 bridgehead atoms. The van der Waals surface area contributed by atoms with Crippen molar-refractivity contribution in [2.45, 2.75) is 44.9 Å². The van der Waals surface area contributed by atoms with Crippen LogP contribution in [-0.4, -0.2) is 10.7 Å². The van der Waals surface area contributed by atoms with E-state index in [1.165, 1.54) is 11.1 Å². The molecule has 0 saturated heterocycles. The first-order valence-corrected chi connectivity index (χ1v) is 11.2. The van der Waals surface area contributed by atoms with Crippen LogP contribution in [0.2, 0.25) is 0 Å². The Kier molecular flexibility index (Phi) is 4.70. The van der Waals surface area contributed by atoms with Crippen LogP contribution in [0.3, 0.4) is 0 Å². The smallest absolute Gasteiger partial charge is 0.213 e. The van der Waals surface area contributed by atoms with Crippen LogP contribution in [0.5, 0.6) is 5.75 Å². The number of rotatable bonds is 2. The third kappa shape index (κ3) is 3.43. The number of halogens is 1. The van der Waals surface area contributed by atoms with E-state index < -0.39 is 0 Å². The Morgan fingerprint density at radius 1 is 0.933 bits per heavy atom. The number of hydrogen-bond donors (Lipinski definition) is 0. The van der Waals surface area contributed by atoms with Gasteiger partial charge in [0.15, 0.2) is 0 Å². The van der Waals surface area contributed by atoms with Crippen LogP contribution in [0.15, 0.2) is 82.4 Å². The Balaban J connectivity index is 1.55. The van der Waals surface area contributed by atoms with E-state index in [9.17, 15) is 0 Å². The standard InChI is InChI=1S/C26H25BrN2O/c1-26(2,3)19-12-8-18(9-13-19)25-29-23(21-6-4-5-7-24(21)30-25)16-22(28-29)17-10-14-20(27)15-11-17/h4-15,23,25H,16H2,1-3H3/t23-,25-/m0/s1. The Bertz CT molecular complexity index is 1100. The average Bonchev–Trinajstić information content (AvgIpc) is 3.19. The topological polar surface area (TPSA) is 24.8 Å². The van der Waals surface area contributed by atoms with Crippen molar-refractivity contribution in [1.82, 2.24) is 5.01 Å². The fourth-order valence-electron chi connectivity index (χ4n) is 4.22. The maximum absolute atomic E-state index is 6.47. The zero-order chi connectivity index (χ0) is 20.9. The van der Waals surface area contributed by atoms with Crippen molar-refractivity contribution in [3.8, 4) is 5.75 Å². The lowest BCUT2D eigenvalue weighted by Gasteiger charge is -2.38. The molecule has 0 aliphatic carbocycles. The molecule has 0 aromatic heterocycles. The summed E-state index contributed by atoms with van der Waals surface area (Å²) in [6.07, 6.45) is 0.644. The van der Waals surface area contributed by atoms with E-state index in [4.69, 9.17) is 9.84 Å². The first-order chi connectivity index (χ1) is 14.4. The number of para-hydroxylation sites is 1. The minimum atomic E-state index is -0.230. The van der Waals surface area contributed by atoms with E-state index in [0.29, 0.717) is 0 Å². The van der Waals surface area contributed by atoms with Crippen LogP contribution in [0.25, 0.3) is 0 Å². The zero-order valence-corrected chi connectivity index (χ0v) is 19.1. The van der Waals surface area contributed by atoms with Crippen molar-refractivity contribution < 1.29 is 4.74 Å². The third-order valence-corrected chi connectivity index (χ3v) is 6.47. The molecule has 0 fully saturated rings. The predicted molar refractivity (Wildman–Crippen MR) is 125 cm³/mol. The van der Waals surface area contributed by atoms with Crippen LogP contribution in [0.1, 0.15) is 61.7 Å². The van der Waals surface area contributed by atoms with Crippen molar-refractivity contribution in [3.05, 3.63) is 99.5 Å². The number of benzene rings is 3. The first-order valence-electron chi connectivity index (χ1n) is 10.4. The van der Waals surface area contributed by atoms with Crippen LogP contribution in [-0.2, 0) is 5.41 Å². The van der Waals surface area contributed by atoms with Crippen LogP contribution >= 0.6 is 15.9 Å². The monoisotopic (exact) mass is 460 g/mol. The lowest BCUT2D eigenvalue weighted by Crippen LogP contribution is -2.33. The number of hydrazone groups is 1. The summed E-state index contributed by atoms with van der Waals surface area (Å²) in [6, 6.07) is 25.7. The van der Waals surface area contributed by atoms with Gasteiger partial charge in [-0.05, 0) is 34.7 Å². The molecule has 152 valence electrons. The number of hydrogen-bond acceptors (Lipinski definition) is 3. The molecule has 30 heavy (non-hydrogen) atoms. The molecule has 3 aromatic rings. The normalized spacial score (nSPS) is 20.3. The lowest BCUT2D eigenvalue weighted by molar-refractivity contribution is -0.0190. The molecule has 0 unspecified atom stereocenters. The Morgan fingerprint density at radius 2 is 1.63 bits per heavy atom. The molecule has 3 aromatic carbocycles. The van der Waals surface area contributed by atoms with Gasteiger partial charge in [-0.25, -0.2) is 5.01 Å². The van der Waals surface area contributed by atoms with Crippen molar-refractivity contribution in [3.63, 3.8) is 0 Å². The second-order valence-electron chi connectivity index (χ2n) is 9.03. The molecule has 2 aliphatic heterocycles. The SMILES string of the molecule is CC(C)(C)c1ccc([C@@H]2Oc3ccccc3[C@@H]3CC(c4ccc(Br)cc4)=NN32)cc1. The minimum absolute atomic E-state index is 0.127. The van der Waals surface area contributed by atoms with Gasteiger partial charge < -0.3 is 4.74 Å². The van der Waals surface area contributed by atoms with E-state index in [0.717, 1.165) is 33.5 Å². The maximum Gasteiger partial charge on any atom is 0.213 e. The molecule has 2 heterocycles. The molecule has 0 radical (unpaired) electrons. The zero-order valence-electron chi connectivity index (χ0n) is 17.5. The molecule has 0 N–H and O–H groups in total. The van der Waals surface area contributed by atoms with Gasteiger partial charge in [0, 0.05) is 22.0 Å². The summed E-state index contributed by atoms with van der Waals surface area (Å²) in [5.74, 6) is 0.955. The largest absolute Gasteiger partial charge is 0.464 e. The van der Waals surface area contributed by atoms with Crippen molar-refractivity contribution in [1.29, 1.82) is 0 Å². The summed E-state index contributed by atoms with van der Waals surface area (Å²) in [7, 11) is 0. The fraction of sp³-hybridized carbons (Fsp3) is 0.269. The van der Waals surface area contributed by atoms with Gasteiger partial charge in [0.25, 0.3) is 0 Å². The highest BCUT2D eigenvalue weighted by Gasteiger charge is 2.40. The van der Waals surface area contributed by atoms with Gasteiger partial charge in [-0.15, -0.1) is 0 Å². The third-order valence-electron chi connectivity index (χ3n) is 5.94. The summed E-state index contributed by atoms with van der Waals surface area (Å²) in [5, 5.41) is 7.19. The van der Waals surface area contributed by atoms with Crippen molar-refractivity contribution in [2.75, 3.05) is 0 Å². The molecule has 2 aliphatic rings. The molecule has 4 heteroatoms. The molecule has 5 rings (SSSR count). The summed E-state index contributed by atoms with van der Waals surface area (Å²) in [4.78, 5) is 0. The van der Waals surface area contributed by atoms with E-state index in [1.807, 2.05) is 6.07 Å². The van der Waals surface area contributed by atoms with Crippen LogP contribution < -0.4 is 4.74 Å². The Labute approximate surface area is 186 Å². The van der Waals surface area contributed by atoms with Crippen molar-refractivity contribution in [2.24, 2.45) is 5.10 Å². The number of fused-ring (bicyclic) bond motifs is 3.